The predicted molar refractivity (Wildman–Crippen MR) is 123 cm³/mol. The van der Waals surface area contributed by atoms with Crippen LogP contribution >= 0.6 is 24.0 Å². The Morgan fingerprint density at radius 2 is 1.74 bits per heavy atom. The van der Waals surface area contributed by atoms with Crippen molar-refractivity contribution in [3.63, 3.8) is 0 Å². The van der Waals surface area contributed by atoms with Crippen LogP contribution in [0.15, 0.2) is 47.5 Å². The van der Waals surface area contributed by atoms with Crippen LogP contribution in [-0.2, 0) is 13.0 Å². The molecular weight excluding hydrogens is 453 g/mol. The Kier molecular flexibility index (Phi) is 10.6. The number of nitrogens with one attached hydrogen (secondary N) is 2. The van der Waals surface area contributed by atoms with Crippen LogP contribution in [0.25, 0.3) is 0 Å². The van der Waals surface area contributed by atoms with Gasteiger partial charge in [0.25, 0.3) is 0 Å². The summed E-state index contributed by atoms with van der Waals surface area (Å²) in [4.78, 5) is 4.69. The largest absolute Gasteiger partial charge is 0.493 e. The van der Waals surface area contributed by atoms with Crippen LogP contribution in [0.5, 0.6) is 11.5 Å². The number of hydrogen-bond donors (Lipinski definition) is 2. The summed E-state index contributed by atoms with van der Waals surface area (Å²) in [6.45, 7) is 6.46. The highest BCUT2D eigenvalue weighted by molar-refractivity contribution is 14.0. The van der Waals surface area contributed by atoms with Crippen molar-refractivity contribution in [3.8, 4) is 11.5 Å². The van der Waals surface area contributed by atoms with Crippen molar-refractivity contribution in [3.05, 3.63) is 59.2 Å². The fourth-order valence-corrected chi connectivity index (χ4v) is 2.65. The number of benzene rings is 2. The lowest BCUT2D eigenvalue weighted by Gasteiger charge is -2.13. The molecule has 0 bridgehead atoms. The van der Waals surface area contributed by atoms with Crippen molar-refractivity contribution < 1.29 is 9.47 Å². The molecule has 6 heteroatoms. The summed E-state index contributed by atoms with van der Waals surface area (Å²) in [6, 6.07) is 14.3. The first-order valence-corrected chi connectivity index (χ1v) is 8.95. The van der Waals surface area contributed by atoms with E-state index in [0.717, 1.165) is 37.0 Å². The zero-order chi connectivity index (χ0) is 18.8. The Labute approximate surface area is 179 Å². The molecule has 27 heavy (non-hydrogen) atoms. The van der Waals surface area contributed by atoms with Gasteiger partial charge in [-0.05, 0) is 49.1 Å². The summed E-state index contributed by atoms with van der Waals surface area (Å²) in [5.41, 5.74) is 3.69. The average molecular weight is 483 g/mol. The normalized spacial score (nSPS) is 10.7. The first-order chi connectivity index (χ1) is 12.7. The lowest BCUT2D eigenvalue weighted by atomic mass is 10.1. The molecule has 0 atom stereocenters. The van der Waals surface area contributed by atoms with Gasteiger partial charge in [0.2, 0.25) is 0 Å². The van der Waals surface area contributed by atoms with E-state index in [4.69, 9.17) is 9.47 Å². The monoisotopic (exact) mass is 483 g/mol. The molecule has 0 radical (unpaired) electrons. The third kappa shape index (κ3) is 7.28. The lowest BCUT2D eigenvalue weighted by molar-refractivity contribution is 0.354. The zero-order valence-corrected chi connectivity index (χ0v) is 18.9. The maximum atomic E-state index is 5.36. The van der Waals surface area contributed by atoms with Crippen molar-refractivity contribution in [2.75, 3.05) is 27.3 Å². The van der Waals surface area contributed by atoms with Gasteiger partial charge in [-0.15, -0.1) is 24.0 Å². The number of ether oxygens (including phenoxy) is 2. The highest BCUT2D eigenvalue weighted by Crippen LogP contribution is 2.27. The van der Waals surface area contributed by atoms with Gasteiger partial charge in [0.1, 0.15) is 0 Å². The summed E-state index contributed by atoms with van der Waals surface area (Å²) < 4.78 is 10.6. The van der Waals surface area contributed by atoms with E-state index < -0.39 is 0 Å². The number of nitrogens with zero attached hydrogens (tertiary/aromatic N) is 1. The second kappa shape index (κ2) is 12.4. The number of hydrogen-bond acceptors (Lipinski definition) is 3. The topological polar surface area (TPSA) is 54.9 Å². The molecule has 2 N–H and O–H groups in total. The molecular formula is C21H30IN3O2. The summed E-state index contributed by atoms with van der Waals surface area (Å²) in [6.07, 6.45) is 0.870. The molecule has 0 aliphatic rings. The third-order valence-corrected chi connectivity index (χ3v) is 4.17. The van der Waals surface area contributed by atoms with Gasteiger partial charge in [0, 0.05) is 13.1 Å². The fraction of sp³-hybridized carbons (Fsp3) is 0.381. The number of methoxy groups -OCH3 is 2. The van der Waals surface area contributed by atoms with Gasteiger partial charge in [-0.1, -0.05) is 30.3 Å². The Morgan fingerprint density at radius 1 is 1.00 bits per heavy atom. The van der Waals surface area contributed by atoms with Gasteiger partial charge < -0.3 is 20.1 Å². The SMILES string of the molecule is CCNC(=NCc1ccccc1C)NCCc1ccc(OC)c(OC)c1.I. The molecule has 148 valence electrons. The lowest BCUT2D eigenvalue weighted by Crippen LogP contribution is -2.38. The van der Waals surface area contributed by atoms with Crippen LogP contribution in [0.1, 0.15) is 23.6 Å². The molecule has 2 aromatic rings. The van der Waals surface area contributed by atoms with Crippen molar-refractivity contribution in [2.45, 2.75) is 26.8 Å². The highest BCUT2D eigenvalue weighted by atomic mass is 127. The second-order valence-corrected chi connectivity index (χ2v) is 5.99. The Morgan fingerprint density at radius 3 is 2.41 bits per heavy atom. The average Bonchev–Trinajstić information content (AvgIpc) is 2.67. The predicted octanol–water partition coefficient (Wildman–Crippen LogP) is 3.93. The van der Waals surface area contributed by atoms with Gasteiger partial charge in [-0.25, -0.2) is 4.99 Å². The number of guanidine groups is 1. The summed E-state index contributed by atoms with van der Waals surface area (Å²) >= 11 is 0. The highest BCUT2D eigenvalue weighted by Gasteiger charge is 2.05. The Hall–Kier alpha value is -1.96. The van der Waals surface area contributed by atoms with Crippen molar-refractivity contribution >= 4 is 29.9 Å². The van der Waals surface area contributed by atoms with E-state index >= 15 is 0 Å². The number of aryl methyl sites for hydroxylation is 1. The smallest absolute Gasteiger partial charge is 0.191 e. The number of aliphatic imine (C=N–C) groups is 1. The molecule has 2 aromatic carbocycles. The summed E-state index contributed by atoms with van der Waals surface area (Å²) in [7, 11) is 3.30. The maximum absolute atomic E-state index is 5.36. The van der Waals surface area contributed by atoms with Crippen molar-refractivity contribution in [2.24, 2.45) is 4.99 Å². The number of rotatable bonds is 8. The van der Waals surface area contributed by atoms with Gasteiger partial charge >= 0.3 is 0 Å². The van der Waals surface area contributed by atoms with Crippen LogP contribution in [0.3, 0.4) is 0 Å². The van der Waals surface area contributed by atoms with E-state index in [-0.39, 0.29) is 24.0 Å². The molecule has 0 aliphatic carbocycles. The van der Waals surface area contributed by atoms with Crippen LogP contribution in [0, 0.1) is 6.92 Å². The first-order valence-electron chi connectivity index (χ1n) is 8.95. The minimum Gasteiger partial charge on any atom is -0.493 e. The quantitative estimate of drug-likeness (QED) is 0.340. The van der Waals surface area contributed by atoms with E-state index in [0.29, 0.717) is 6.54 Å². The van der Waals surface area contributed by atoms with Crippen LogP contribution < -0.4 is 20.1 Å². The summed E-state index contributed by atoms with van der Waals surface area (Å²) in [5.74, 6) is 2.33. The molecule has 0 fully saturated rings. The summed E-state index contributed by atoms with van der Waals surface area (Å²) in [5, 5.41) is 6.69. The second-order valence-electron chi connectivity index (χ2n) is 5.99. The van der Waals surface area contributed by atoms with Gasteiger partial charge in [-0.2, -0.15) is 0 Å². The molecule has 0 saturated heterocycles. The van der Waals surface area contributed by atoms with Crippen LogP contribution in [-0.4, -0.2) is 33.3 Å². The van der Waals surface area contributed by atoms with Crippen molar-refractivity contribution in [1.82, 2.24) is 10.6 Å². The van der Waals surface area contributed by atoms with E-state index in [1.807, 2.05) is 12.1 Å². The van der Waals surface area contributed by atoms with E-state index in [1.54, 1.807) is 14.2 Å². The minimum absolute atomic E-state index is 0. The molecule has 0 aliphatic heterocycles. The molecule has 0 saturated carbocycles. The first kappa shape index (κ1) is 23.1. The fourth-order valence-electron chi connectivity index (χ4n) is 2.65. The Balaban J connectivity index is 0.00000364. The van der Waals surface area contributed by atoms with Crippen molar-refractivity contribution in [1.29, 1.82) is 0 Å². The zero-order valence-electron chi connectivity index (χ0n) is 16.5. The van der Waals surface area contributed by atoms with Gasteiger partial charge in [0.05, 0.1) is 20.8 Å². The van der Waals surface area contributed by atoms with Gasteiger partial charge in [0.15, 0.2) is 17.5 Å². The third-order valence-electron chi connectivity index (χ3n) is 4.17. The van der Waals surface area contributed by atoms with Crippen LogP contribution in [0.2, 0.25) is 0 Å². The molecule has 0 aromatic heterocycles. The molecule has 0 unspecified atom stereocenters. The van der Waals surface area contributed by atoms with E-state index in [1.165, 1.54) is 16.7 Å². The van der Waals surface area contributed by atoms with E-state index in [2.05, 4.69) is 59.8 Å². The molecule has 0 amide bonds. The molecule has 5 nitrogen and oxygen atoms in total. The van der Waals surface area contributed by atoms with Crippen LogP contribution in [0.4, 0.5) is 0 Å². The maximum Gasteiger partial charge on any atom is 0.191 e. The van der Waals surface area contributed by atoms with Gasteiger partial charge in [-0.3, -0.25) is 0 Å². The molecule has 0 heterocycles. The minimum atomic E-state index is 0. The number of halogens is 1. The van der Waals surface area contributed by atoms with E-state index in [9.17, 15) is 0 Å². The standard InChI is InChI=1S/C21H29N3O2.HI/c1-5-22-21(24-15-18-9-7-6-8-16(18)2)23-13-12-17-10-11-19(25-3)20(14-17)26-4;/h6-11,14H,5,12-13,15H2,1-4H3,(H2,22,23,24);1H. The molecule has 2 rings (SSSR count). The Bertz CT molecular complexity index is 735. The molecule has 0 spiro atoms.